The van der Waals surface area contributed by atoms with Gasteiger partial charge in [0.1, 0.15) is 13.1 Å². The number of carbonyl (C=O) groups excluding carboxylic acids is 1. The molecule has 0 aromatic heterocycles. The Morgan fingerprint density at radius 1 is 0.704 bits per heavy atom. The third-order valence-corrected chi connectivity index (χ3v) is 4.55. The Kier molecular flexibility index (Phi) is 6.00. The number of hydrogen-bond donors (Lipinski definition) is 0. The van der Waals surface area contributed by atoms with Crippen LogP contribution in [-0.2, 0) is 4.79 Å². The highest BCUT2D eigenvalue weighted by molar-refractivity contribution is 6.09. The maximum atomic E-state index is 12.9. The van der Waals surface area contributed by atoms with Crippen LogP contribution < -0.4 is 0 Å². The SMILES string of the molecule is C[N+]1(C)C/C(=C\C=C\c2ccccc2)C(=O)/C(=C/C=C/c2ccccc2)C1. The molecule has 0 amide bonds. The molecule has 0 radical (unpaired) electrons. The van der Waals surface area contributed by atoms with E-state index in [1.54, 1.807) is 0 Å². The van der Waals surface area contributed by atoms with Crippen LogP contribution >= 0.6 is 0 Å². The van der Waals surface area contributed by atoms with E-state index in [4.69, 9.17) is 0 Å². The molecule has 27 heavy (non-hydrogen) atoms. The van der Waals surface area contributed by atoms with Crippen LogP contribution in [0.15, 0.2) is 96.1 Å². The van der Waals surface area contributed by atoms with Gasteiger partial charge in [-0.15, -0.1) is 0 Å². The zero-order valence-electron chi connectivity index (χ0n) is 16.0. The van der Waals surface area contributed by atoms with Gasteiger partial charge in [-0.2, -0.15) is 0 Å². The first-order chi connectivity index (χ1) is 13.0. The summed E-state index contributed by atoms with van der Waals surface area (Å²) < 4.78 is 0.780. The van der Waals surface area contributed by atoms with Gasteiger partial charge in [0.25, 0.3) is 0 Å². The van der Waals surface area contributed by atoms with Gasteiger partial charge in [0.05, 0.1) is 25.2 Å². The third-order valence-electron chi connectivity index (χ3n) is 4.55. The van der Waals surface area contributed by atoms with E-state index >= 15 is 0 Å². The summed E-state index contributed by atoms with van der Waals surface area (Å²) in [6, 6.07) is 20.3. The van der Waals surface area contributed by atoms with Gasteiger partial charge in [-0.25, -0.2) is 0 Å². The van der Waals surface area contributed by atoms with Crippen LogP contribution in [0.5, 0.6) is 0 Å². The van der Waals surface area contributed by atoms with Crippen LogP contribution in [-0.4, -0.2) is 37.5 Å². The van der Waals surface area contributed by atoms with Gasteiger partial charge in [-0.1, -0.05) is 85.0 Å². The fraction of sp³-hybridized carbons (Fsp3) is 0.160. The van der Waals surface area contributed by atoms with Crippen molar-refractivity contribution in [2.24, 2.45) is 0 Å². The Bertz CT molecular complexity index is 826. The smallest absolute Gasteiger partial charge is 0.196 e. The molecule has 1 saturated heterocycles. The molecule has 2 heteroatoms. The summed E-state index contributed by atoms with van der Waals surface area (Å²) >= 11 is 0. The largest absolute Gasteiger partial charge is 0.321 e. The molecule has 1 aliphatic heterocycles. The van der Waals surface area contributed by atoms with Gasteiger partial charge in [-0.3, -0.25) is 4.79 Å². The van der Waals surface area contributed by atoms with Gasteiger partial charge >= 0.3 is 0 Å². The predicted octanol–water partition coefficient (Wildman–Crippen LogP) is 4.93. The minimum atomic E-state index is 0.155. The standard InChI is InChI=1S/C25H26NO/c1-26(2)19-23(17-9-15-21-11-5-3-6-12-21)25(27)24(20-26)18-10-16-22-13-7-4-8-14-22/h3-18H,19-20H2,1-2H3/q+1/b15-9+,16-10+,23-17+,24-18+. The molecule has 0 atom stereocenters. The van der Waals surface area contributed by atoms with Gasteiger partial charge in [0, 0.05) is 0 Å². The molecule has 1 aliphatic rings. The first kappa shape index (κ1) is 18.8. The minimum Gasteiger partial charge on any atom is -0.321 e. The zero-order valence-corrected chi connectivity index (χ0v) is 16.0. The lowest BCUT2D eigenvalue weighted by molar-refractivity contribution is -0.881. The number of likely N-dealkylation sites (N-methyl/N-ethyl adjacent to an activating group) is 1. The number of ketones is 1. The number of benzene rings is 2. The molecule has 0 unspecified atom stereocenters. The molecule has 2 aromatic rings. The lowest BCUT2D eigenvalue weighted by Gasteiger charge is -2.35. The summed E-state index contributed by atoms with van der Waals surface area (Å²) in [7, 11) is 4.33. The second-order valence-corrected chi connectivity index (χ2v) is 7.50. The van der Waals surface area contributed by atoms with Crippen molar-refractivity contribution in [2.45, 2.75) is 0 Å². The van der Waals surface area contributed by atoms with Gasteiger partial charge in [0.15, 0.2) is 5.78 Å². The topological polar surface area (TPSA) is 17.1 Å². The Morgan fingerprint density at radius 2 is 1.11 bits per heavy atom. The zero-order chi connectivity index (χ0) is 19.1. The maximum absolute atomic E-state index is 12.9. The fourth-order valence-corrected chi connectivity index (χ4v) is 3.26. The minimum absolute atomic E-state index is 0.155. The van der Waals surface area contributed by atoms with Crippen molar-refractivity contribution in [1.29, 1.82) is 0 Å². The number of Topliss-reactive ketones (excluding diaryl/α,β-unsaturated/α-hetero) is 1. The lowest BCUT2D eigenvalue weighted by Crippen LogP contribution is -2.48. The summed E-state index contributed by atoms with van der Waals surface area (Å²) in [6.07, 6.45) is 11.9. The van der Waals surface area contributed by atoms with E-state index in [1.807, 2.05) is 72.9 Å². The molecule has 1 fully saturated rings. The number of hydrogen-bond acceptors (Lipinski definition) is 1. The highest BCUT2D eigenvalue weighted by Gasteiger charge is 2.32. The van der Waals surface area contributed by atoms with Crippen molar-refractivity contribution >= 4 is 17.9 Å². The fourth-order valence-electron chi connectivity index (χ4n) is 3.26. The number of allylic oxidation sites excluding steroid dienone is 4. The van der Waals surface area contributed by atoms with Crippen LogP contribution in [0, 0.1) is 0 Å². The van der Waals surface area contributed by atoms with Crippen molar-refractivity contribution in [3.63, 3.8) is 0 Å². The number of likely N-dealkylation sites (tertiary alicyclic amines) is 1. The number of quaternary nitrogens is 1. The van der Waals surface area contributed by atoms with Crippen molar-refractivity contribution in [2.75, 3.05) is 27.2 Å². The van der Waals surface area contributed by atoms with E-state index in [2.05, 4.69) is 38.4 Å². The van der Waals surface area contributed by atoms with Crippen LogP contribution in [0.1, 0.15) is 11.1 Å². The quantitative estimate of drug-likeness (QED) is 0.561. The number of piperidine rings is 1. The summed E-state index contributed by atoms with van der Waals surface area (Å²) in [6.45, 7) is 1.50. The van der Waals surface area contributed by atoms with E-state index in [9.17, 15) is 4.79 Å². The molecule has 0 aliphatic carbocycles. The summed E-state index contributed by atoms with van der Waals surface area (Å²) in [4.78, 5) is 12.9. The van der Waals surface area contributed by atoms with E-state index < -0.39 is 0 Å². The average molecular weight is 356 g/mol. The molecule has 1 heterocycles. The Morgan fingerprint density at radius 3 is 1.52 bits per heavy atom. The normalized spacial score (nSPS) is 20.1. The van der Waals surface area contributed by atoms with Crippen LogP contribution in [0.3, 0.4) is 0 Å². The van der Waals surface area contributed by atoms with Crippen molar-refractivity contribution in [3.05, 3.63) is 107 Å². The van der Waals surface area contributed by atoms with E-state index in [-0.39, 0.29) is 5.78 Å². The molecule has 0 bridgehead atoms. The highest BCUT2D eigenvalue weighted by Crippen LogP contribution is 2.21. The summed E-state index contributed by atoms with van der Waals surface area (Å²) in [5, 5.41) is 0. The third kappa shape index (κ3) is 5.50. The average Bonchev–Trinajstić information content (AvgIpc) is 2.66. The predicted molar refractivity (Wildman–Crippen MR) is 114 cm³/mol. The molecule has 2 aromatic carbocycles. The highest BCUT2D eigenvalue weighted by atomic mass is 16.1. The molecule has 136 valence electrons. The molecule has 0 spiro atoms. The Hall–Kier alpha value is -2.97. The van der Waals surface area contributed by atoms with Crippen molar-refractivity contribution < 1.29 is 9.28 Å². The van der Waals surface area contributed by atoms with Crippen LogP contribution in [0.25, 0.3) is 12.2 Å². The number of carbonyl (C=O) groups is 1. The monoisotopic (exact) mass is 356 g/mol. The van der Waals surface area contributed by atoms with Crippen molar-refractivity contribution in [1.82, 2.24) is 0 Å². The second-order valence-electron chi connectivity index (χ2n) is 7.50. The Balaban J connectivity index is 1.78. The van der Waals surface area contributed by atoms with E-state index in [0.29, 0.717) is 0 Å². The number of rotatable bonds is 4. The molecule has 0 N–H and O–H groups in total. The molecular formula is C25H26NO+. The molecule has 2 nitrogen and oxygen atoms in total. The molecule has 0 saturated carbocycles. The van der Waals surface area contributed by atoms with Crippen molar-refractivity contribution in [3.8, 4) is 0 Å². The second kappa shape index (κ2) is 8.61. The molecule has 3 rings (SSSR count). The summed E-state index contributed by atoms with van der Waals surface area (Å²) in [5.41, 5.74) is 3.98. The first-order valence-electron chi connectivity index (χ1n) is 9.25. The van der Waals surface area contributed by atoms with Crippen LogP contribution in [0.2, 0.25) is 0 Å². The Labute approximate surface area is 162 Å². The first-order valence-corrected chi connectivity index (χ1v) is 9.25. The van der Waals surface area contributed by atoms with Crippen LogP contribution in [0.4, 0.5) is 0 Å². The molecular weight excluding hydrogens is 330 g/mol. The van der Waals surface area contributed by atoms with Gasteiger partial charge in [-0.05, 0) is 23.3 Å². The van der Waals surface area contributed by atoms with Gasteiger partial charge in [0.2, 0.25) is 0 Å². The van der Waals surface area contributed by atoms with Gasteiger partial charge < -0.3 is 4.48 Å². The van der Waals surface area contributed by atoms with E-state index in [1.165, 1.54) is 0 Å². The lowest BCUT2D eigenvalue weighted by atomic mass is 9.95. The maximum Gasteiger partial charge on any atom is 0.196 e. The number of nitrogens with zero attached hydrogens (tertiary/aromatic N) is 1. The van der Waals surface area contributed by atoms with E-state index in [0.717, 1.165) is 39.8 Å². The summed E-state index contributed by atoms with van der Waals surface area (Å²) in [5.74, 6) is 0.155.